The monoisotopic (exact) mass is 244 g/mol. The summed E-state index contributed by atoms with van der Waals surface area (Å²) in [5.74, 6) is -1.20. The second-order valence-corrected chi connectivity index (χ2v) is 4.57. The molecule has 0 spiro atoms. The van der Waals surface area contributed by atoms with E-state index in [1.165, 1.54) is 7.11 Å². The van der Waals surface area contributed by atoms with Gasteiger partial charge in [0.1, 0.15) is 6.04 Å². The molecule has 1 fully saturated rings. The van der Waals surface area contributed by atoms with Crippen LogP contribution in [-0.4, -0.2) is 43.3 Å². The number of carbonyl (C=O) groups excluding carboxylic acids is 1. The molecule has 0 aromatic carbocycles. The Balaban J connectivity index is 2.48. The van der Waals surface area contributed by atoms with Gasteiger partial charge in [0.25, 0.3) is 0 Å². The highest BCUT2D eigenvalue weighted by Crippen LogP contribution is 2.37. The van der Waals surface area contributed by atoms with Crippen molar-refractivity contribution < 1.29 is 19.4 Å². The highest BCUT2D eigenvalue weighted by atomic mass is 16.5. The Labute approximate surface area is 101 Å². The molecule has 6 nitrogen and oxygen atoms in total. The van der Waals surface area contributed by atoms with Crippen LogP contribution in [0.5, 0.6) is 0 Å². The van der Waals surface area contributed by atoms with E-state index >= 15 is 0 Å². The summed E-state index contributed by atoms with van der Waals surface area (Å²) >= 11 is 0. The maximum absolute atomic E-state index is 11.5. The summed E-state index contributed by atoms with van der Waals surface area (Å²) < 4.78 is 4.77. The zero-order valence-corrected chi connectivity index (χ0v) is 10.1. The van der Waals surface area contributed by atoms with Gasteiger partial charge in [0.15, 0.2) is 0 Å². The van der Waals surface area contributed by atoms with Crippen molar-refractivity contribution in [3.05, 3.63) is 0 Å². The fourth-order valence-electron chi connectivity index (χ4n) is 2.16. The molecular formula is C11H20N2O4. The van der Waals surface area contributed by atoms with E-state index in [1.54, 1.807) is 0 Å². The van der Waals surface area contributed by atoms with Crippen molar-refractivity contribution >= 4 is 11.9 Å². The summed E-state index contributed by atoms with van der Waals surface area (Å²) in [6.07, 6.45) is 3.02. The number of carboxylic acid groups (broad SMARTS) is 1. The number of ether oxygens (including phenoxy) is 1. The zero-order chi connectivity index (χ0) is 12.9. The number of rotatable bonds is 6. The largest absolute Gasteiger partial charge is 0.481 e. The second-order valence-electron chi connectivity index (χ2n) is 4.57. The highest BCUT2D eigenvalue weighted by Gasteiger charge is 2.41. The highest BCUT2D eigenvalue weighted by molar-refractivity contribution is 5.83. The molecule has 0 saturated heterocycles. The molecule has 98 valence electrons. The van der Waals surface area contributed by atoms with E-state index in [0.717, 1.165) is 12.8 Å². The maximum atomic E-state index is 11.5. The molecule has 1 saturated carbocycles. The van der Waals surface area contributed by atoms with E-state index in [4.69, 9.17) is 10.5 Å². The Morgan fingerprint density at radius 1 is 1.47 bits per heavy atom. The lowest BCUT2D eigenvalue weighted by Gasteiger charge is -2.24. The number of carbonyl (C=O) groups is 2. The molecule has 0 bridgehead atoms. The van der Waals surface area contributed by atoms with E-state index < -0.39 is 17.4 Å². The van der Waals surface area contributed by atoms with Crippen molar-refractivity contribution in [1.29, 1.82) is 0 Å². The third-order valence-corrected chi connectivity index (χ3v) is 3.30. The molecule has 4 N–H and O–H groups in total. The van der Waals surface area contributed by atoms with Gasteiger partial charge in [-0.25, -0.2) is 0 Å². The summed E-state index contributed by atoms with van der Waals surface area (Å²) in [6, 6.07) is -0.743. The Morgan fingerprint density at radius 2 is 2.06 bits per heavy atom. The average molecular weight is 244 g/mol. The maximum Gasteiger partial charge on any atom is 0.311 e. The van der Waals surface area contributed by atoms with Crippen molar-refractivity contribution in [1.82, 2.24) is 5.32 Å². The van der Waals surface area contributed by atoms with Gasteiger partial charge < -0.3 is 20.9 Å². The van der Waals surface area contributed by atoms with Crippen LogP contribution in [0.2, 0.25) is 0 Å². The van der Waals surface area contributed by atoms with Gasteiger partial charge in [-0.1, -0.05) is 12.8 Å². The molecule has 0 heterocycles. The molecule has 6 heteroatoms. The van der Waals surface area contributed by atoms with Crippen molar-refractivity contribution in [3.8, 4) is 0 Å². The normalized spacial score (nSPS) is 19.9. The van der Waals surface area contributed by atoms with E-state index in [-0.39, 0.29) is 19.1 Å². The minimum Gasteiger partial charge on any atom is -0.481 e. The van der Waals surface area contributed by atoms with Gasteiger partial charge in [0.2, 0.25) is 5.91 Å². The summed E-state index contributed by atoms with van der Waals surface area (Å²) in [4.78, 5) is 22.8. The third kappa shape index (κ3) is 3.41. The van der Waals surface area contributed by atoms with Crippen LogP contribution in [0.3, 0.4) is 0 Å². The van der Waals surface area contributed by atoms with Gasteiger partial charge in [-0.2, -0.15) is 0 Å². The van der Waals surface area contributed by atoms with Crippen LogP contribution >= 0.6 is 0 Å². The number of hydrogen-bond acceptors (Lipinski definition) is 4. The molecule has 0 aliphatic heterocycles. The van der Waals surface area contributed by atoms with Gasteiger partial charge in [-0.05, 0) is 12.8 Å². The molecule has 1 atom stereocenters. The van der Waals surface area contributed by atoms with Gasteiger partial charge in [-0.15, -0.1) is 0 Å². The number of nitrogens with one attached hydrogen (secondary N) is 1. The summed E-state index contributed by atoms with van der Waals surface area (Å²) in [5.41, 5.74) is 4.74. The Hall–Kier alpha value is -1.14. The van der Waals surface area contributed by atoms with Gasteiger partial charge in [-0.3, -0.25) is 9.59 Å². The summed E-state index contributed by atoms with van der Waals surface area (Å²) in [6.45, 7) is 0.282. The van der Waals surface area contributed by atoms with Crippen molar-refractivity contribution in [2.75, 3.05) is 20.3 Å². The minimum atomic E-state index is -0.837. The van der Waals surface area contributed by atoms with Crippen molar-refractivity contribution in [3.63, 3.8) is 0 Å². The first-order valence-corrected chi connectivity index (χ1v) is 5.77. The summed E-state index contributed by atoms with van der Waals surface area (Å²) in [5, 5.41) is 11.8. The molecule has 0 aromatic heterocycles. The van der Waals surface area contributed by atoms with Crippen LogP contribution in [0.25, 0.3) is 0 Å². The molecular weight excluding hydrogens is 224 g/mol. The topological polar surface area (TPSA) is 102 Å². The fraction of sp³-hybridized carbons (Fsp3) is 0.818. The van der Waals surface area contributed by atoms with Crippen LogP contribution in [0.1, 0.15) is 25.7 Å². The van der Waals surface area contributed by atoms with E-state index in [2.05, 4.69) is 5.32 Å². The molecule has 0 radical (unpaired) electrons. The van der Waals surface area contributed by atoms with E-state index in [1.807, 2.05) is 0 Å². The molecule has 1 aliphatic carbocycles. The first kappa shape index (κ1) is 13.9. The molecule has 1 aliphatic rings. The smallest absolute Gasteiger partial charge is 0.311 e. The van der Waals surface area contributed by atoms with Crippen LogP contribution in [-0.2, 0) is 14.3 Å². The molecule has 1 rings (SSSR count). The number of amides is 1. The molecule has 17 heavy (non-hydrogen) atoms. The first-order chi connectivity index (χ1) is 8.02. The van der Waals surface area contributed by atoms with Crippen molar-refractivity contribution in [2.24, 2.45) is 11.1 Å². The number of methoxy groups -OCH3 is 1. The van der Waals surface area contributed by atoms with Crippen LogP contribution in [0, 0.1) is 5.41 Å². The van der Waals surface area contributed by atoms with Gasteiger partial charge in [0.05, 0.1) is 12.0 Å². The van der Waals surface area contributed by atoms with Crippen LogP contribution < -0.4 is 11.1 Å². The second kappa shape index (κ2) is 5.97. The minimum absolute atomic E-state index is 0.131. The lowest BCUT2D eigenvalue weighted by atomic mass is 9.86. The third-order valence-electron chi connectivity index (χ3n) is 3.30. The molecule has 1 amide bonds. The summed E-state index contributed by atoms with van der Waals surface area (Å²) in [7, 11) is 1.46. The van der Waals surface area contributed by atoms with E-state index in [0.29, 0.717) is 12.8 Å². The van der Waals surface area contributed by atoms with Gasteiger partial charge >= 0.3 is 5.97 Å². The number of hydrogen-bond donors (Lipinski definition) is 3. The fourth-order valence-corrected chi connectivity index (χ4v) is 2.16. The lowest BCUT2D eigenvalue weighted by Crippen LogP contribution is -2.48. The van der Waals surface area contributed by atoms with E-state index in [9.17, 15) is 14.7 Å². The average Bonchev–Trinajstić information content (AvgIpc) is 2.76. The Bertz CT molecular complexity index is 287. The molecule has 1 unspecified atom stereocenters. The predicted molar refractivity (Wildman–Crippen MR) is 61.4 cm³/mol. The lowest BCUT2D eigenvalue weighted by molar-refractivity contribution is -0.148. The van der Waals surface area contributed by atoms with Crippen LogP contribution in [0.15, 0.2) is 0 Å². The van der Waals surface area contributed by atoms with Gasteiger partial charge in [0, 0.05) is 13.7 Å². The number of nitrogens with two attached hydrogens (primary N) is 1. The SMILES string of the molecule is COCC(N)C(=O)NCC1(C(=O)O)CCCC1. The van der Waals surface area contributed by atoms with Crippen molar-refractivity contribution in [2.45, 2.75) is 31.7 Å². The predicted octanol–water partition coefficient (Wildman–Crippen LogP) is -0.279. The standard InChI is InChI=1S/C11H20N2O4/c1-17-6-8(12)9(14)13-7-11(10(15)16)4-2-3-5-11/h8H,2-7,12H2,1H3,(H,13,14)(H,15,16). The Morgan fingerprint density at radius 3 is 2.53 bits per heavy atom. The Kier molecular flexibility index (Phi) is 4.89. The quantitative estimate of drug-likeness (QED) is 0.596. The number of aliphatic carboxylic acids is 1. The number of carboxylic acids is 1. The first-order valence-electron chi connectivity index (χ1n) is 5.77. The van der Waals surface area contributed by atoms with Crippen LogP contribution in [0.4, 0.5) is 0 Å². The zero-order valence-electron chi connectivity index (χ0n) is 10.1. The molecule has 0 aromatic rings.